The van der Waals surface area contributed by atoms with Gasteiger partial charge in [0, 0.05) is 23.2 Å². The molecule has 0 bridgehead atoms. The number of halogens is 1. The van der Waals surface area contributed by atoms with Gasteiger partial charge in [-0.15, -0.1) is 11.3 Å². The predicted molar refractivity (Wildman–Crippen MR) is 71.2 cm³/mol. The van der Waals surface area contributed by atoms with Gasteiger partial charge < -0.3 is 0 Å². The Hall–Kier alpha value is -0.880. The number of thiophene rings is 1. The van der Waals surface area contributed by atoms with Crippen LogP contribution in [0.1, 0.15) is 27.9 Å². The topological polar surface area (TPSA) is 55.9 Å². The van der Waals surface area contributed by atoms with Gasteiger partial charge in [-0.2, -0.15) is 5.10 Å². The summed E-state index contributed by atoms with van der Waals surface area (Å²) in [5.41, 5.74) is 6.05. The van der Waals surface area contributed by atoms with E-state index in [4.69, 9.17) is 17.4 Å². The fraction of sp³-hybridized carbons (Fsp3) is 0.364. The molecule has 0 spiro atoms. The Labute approximate surface area is 109 Å². The van der Waals surface area contributed by atoms with E-state index in [1.165, 1.54) is 11.3 Å². The maximum Gasteiger partial charge on any atom is 0.0931 e. The normalized spacial score (nSPS) is 13.0. The molecule has 17 heavy (non-hydrogen) atoms. The Bertz CT molecular complexity index is 532. The molecule has 2 aromatic rings. The van der Waals surface area contributed by atoms with Gasteiger partial charge in [0.25, 0.3) is 0 Å². The molecule has 6 heteroatoms. The van der Waals surface area contributed by atoms with Crippen molar-refractivity contribution in [1.29, 1.82) is 0 Å². The van der Waals surface area contributed by atoms with Crippen molar-refractivity contribution in [3.63, 3.8) is 0 Å². The minimum atomic E-state index is -0.0544. The van der Waals surface area contributed by atoms with E-state index in [-0.39, 0.29) is 6.04 Å². The van der Waals surface area contributed by atoms with Gasteiger partial charge in [0.2, 0.25) is 0 Å². The minimum Gasteiger partial charge on any atom is -0.272 e. The summed E-state index contributed by atoms with van der Waals surface area (Å²) in [4.78, 5) is 1.09. The molecule has 4 nitrogen and oxygen atoms in total. The van der Waals surface area contributed by atoms with Crippen LogP contribution in [-0.4, -0.2) is 9.78 Å². The lowest BCUT2D eigenvalue weighted by Gasteiger charge is -2.15. The summed E-state index contributed by atoms with van der Waals surface area (Å²) in [5, 5.41) is 4.40. The standard InChI is InChI=1S/C11H15ClN4S/c1-6-10(7(2)16(3)15-6)11(14-13)8-4-5-9(12)17-8/h4-5,11,14H,13H2,1-3H3. The van der Waals surface area contributed by atoms with Gasteiger partial charge in [0.05, 0.1) is 16.1 Å². The van der Waals surface area contributed by atoms with Gasteiger partial charge in [-0.1, -0.05) is 11.6 Å². The first-order valence-corrected chi connectivity index (χ1v) is 6.45. The van der Waals surface area contributed by atoms with Crippen LogP contribution in [0.15, 0.2) is 12.1 Å². The highest BCUT2D eigenvalue weighted by molar-refractivity contribution is 7.16. The molecular weight excluding hydrogens is 256 g/mol. The quantitative estimate of drug-likeness (QED) is 0.665. The van der Waals surface area contributed by atoms with Crippen LogP contribution in [0.3, 0.4) is 0 Å². The van der Waals surface area contributed by atoms with E-state index in [1.54, 1.807) is 0 Å². The van der Waals surface area contributed by atoms with Crippen molar-refractivity contribution in [2.24, 2.45) is 12.9 Å². The largest absolute Gasteiger partial charge is 0.272 e. The highest BCUT2D eigenvalue weighted by Crippen LogP contribution is 2.33. The van der Waals surface area contributed by atoms with Gasteiger partial charge in [-0.25, -0.2) is 5.43 Å². The highest BCUT2D eigenvalue weighted by atomic mass is 35.5. The maximum absolute atomic E-state index is 5.96. The van der Waals surface area contributed by atoms with E-state index < -0.39 is 0 Å². The molecule has 2 heterocycles. The molecule has 0 aliphatic carbocycles. The molecule has 0 saturated carbocycles. The van der Waals surface area contributed by atoms with E-state index in [1.807, 2.05) is 37.7 Å². The first-order chi connectivity index (χ1) is 8.04. The van der Waals surface area contributed by atoms with Crippen LogP contribution in [0.25, 0.3) is 0 Å². The lowest BCUT2D eigenvalue weighted by Crippen LogP contribution is -2.29. The summed E-state index contributed by atoms with van der Waals surface area (Å²) in [6.07, 6.45) is 0. The molecule has 2 aromatic heterocycles. The van der Waals surface area contributed by atoms with Crippen LogP contribution >= 0.6 is 22.9 Å². The molecule has 0 aliphatic rings. The second-order valence-electron chi connectivity index (χ2n) is 3.95. The summed E-state index contributed by atoms with van der Waals surface area (Å²) in [7, 11) is 1.93. The number of hydrogen-bond acceptors (Lipinski definition) is 4. The summed E-state index contributed by atoms with van der Waals surface area (Å²) in [6, 6.07) is 3.82. The molecular formula is C11H15ClN4S. The van der Waals surface area contributed by atoms with Crippen LogP contribution in [0, 0.1) is 13.8 Å². The number of hydrogen-bond donors (Lipinski definition) is 2. The van der Waals surface area contributed by atoms with Crippen LogP contribution < -0.4 is 11.3 Å². The second-order valence-corrected chi connectivity index (χ2v) is 5.70. The van der Waals surface area contributed by atoms with E-state index in [0.29, 0.717) is 0 Å². The Morgan fingerprint density at radius 2 is 2.18 bits per heavy atom. The van der Waals surface area contributed by atoms with Crippen LogP contribution in [0.5, 0.6) is 0 Å². The summed E-state index contributed by atoms with van der Waals surface area (Å²) < 4.78 is 2.63. The lowest BCUT2D eigenvalue weighted by molar-refractivity contribution is 0.637. The molecule has 0 aliphatic heterocycles. The Morgan fingerprint density at radius 1 is 1.47 bits per heavy atom. The van der Waals surface area contributed by atoms with Crippen molar-refractivity contribution in [3.8, 4) is 0 Å². The average Bonchev–Trinajstić information content (AvgIpc) is 2.79. The van der Waals surface area contributed by atoms with Crippen molar-refractivity contribution in [1.82, 2.24) is 15.2 Å². The monoisotopic (exact) mass is 270 g/mol. The Balaban J connectivity index is 2.49. The first-order valence-electron chi connectivity index (χ1n) is 5.26. The fourth-order valence-electron chi connectivity index (χ4n) is 2.00. The van der Waals surface area contributed by atoms with Crippen LogP contribution in [-0.2, 0) is 7.05 Å². The first kappa shape index (κ1) is 12.6. The summed E-state index contributed by atoms with van der Waals surface area (Å²) >= 11 is 7.49. The van der Waals surface area contributed by atoms with Crippen molar-refractivity contribution in [2.45, 2.75) is 19.9 Å². The number of nitrogens with zero attached hydrogens (tertiary/aromatic N) is 2. The zero-order valence-electron chi connectivity index (χ0n) is 9.99. The van der Waals surface area contributed by atoms with Gasteiger partial charge >= 0.3 is 0 Å². The molecule has 2 rings (SSSR count). The van der Waals surface area contributed by atoms with Crippen LogP contribution in [0.2, 0.25) is 4.34 Å². The second kappa shape index (κ2) is 4.78. The number of nitrogens with one attached hydrogen (secondary N) is 1. The van der Waals surface area contributed by atoms with Gasteiger partial charge in [-0.05, 0) is 26.0 Å². The zero-order valence-corrected chi connectivity index (χ0v) is 11.6. The number of aryl methyl sites for hydroxylation is 2. The minimum absolute atomic E-state index is 0.0544. The number of hydrazine groups is 1. The molecule has 0 amide bonds. The van der Waals surface area contributed by atoms with Crippen molar-refractivity contribution in [2.75, 3.05) is 0 Å². The van der Waals surface area contributed by atoms with Gasteiger partial charge in [-0.3, -0.25) is 10.5 Å². The average molecular weight is 271 g/mol. The molecule has 1 unspecified atom stereocenters. The van der Waals surface area contributed by atoms with Crippen molar-refractivity contribution < 1.29 is 0 Å². The van der Waals surface area contributed by atoms with Gasteiger partial charge in [0.1, 0.15) is 0 Å². The lowest BCUT2D eigenvalue weighted by atomic mass is 10.0. The van der Waals surface area contributed by atoms with Crippen molar-refractivity contribution >= 4 is 22.9 Å². The van der Waals surface area contributed by atoms with E-state index in [9.17, 15) is 0 Å². The molecule has 0 saturated heterocycles. The van der Waals surface area contributed by atoms with E-state index in [0.717, 1.165) is 26.2 Å². The smallest absolute Gasteiger partial charge is 0.0931 e. The molecule has 0 aromatic carbocycles. The highest BCUT2D eigenvalue weighted by Gasteiger charge is 2.22. The van der Waals surface area contributed by atoms with E-state index in [2.05, 4.69) is 10.5 Å². The summed E-state index contributed by atoms with van der Waals surface area (Å²) in [6.45, 7) is 4.02. The molecule has 3 N–H and O–H groups in total. The number of aromatic nitrogens is 2. The third-order valence-electron chi connectivity index (χ3n) is 2.90. The third-order valence-corrected chi connectivity index (χ3v) is 4.19. The van der Waals surface area contributed by atoms with Gasteiger partial charge in [0.15, 0.2) is 0 Å². The fourth-order valence-corrected chi connectivity index (χ4v) is 3.13. The molecule has 92 valence electrons. The Morgan fingerprint density at radius 3 is 2.59 bits per heavy atom. The Kier molecular flexibility index (Phi) is 3.53. The SMILES string of the molecule is Cc1nn(C)c(C)c1C(NN)c1ccc(Cl)s1. The van der Waals surface area contributed by atoms with Crippen molar-refractivity contribution in [3.05, 3.63) is 38.3 Å². The number of rotatable bonds is 3. The number of nitrogens with two attached hydrogens (primary N) is 1. The molecule has 0 radical (unpaired) electrons. The maximum atomic E-state index is 5.96. The van der Waals surface area contributed by atoms with Crippen LogP contribution in [0.4, 0.5) is 0 Å². The predicted octanol–water partition coefficient (Wildman–Crippen LogP) is 2.30. The molecule has 0 fully saturated rings. The third kappa shape index (κ3) is 2.24. The summed E-state index contributed by atoms with van der Waals surface area (Å²) in [5.74, 6) is 5.67. The van der Waals surface area contributed by atoms with E-state index >= 15 is 0 Å². The molecule has 1 atom stereocenters. The zero-order chi connectivity index (χ0) is 12.6.